The monoisotopic (exact) mass is 204 g/mol. The van der Waals surface area contributed by atoms with Crippen LogP contribution in [0, 0.1) is 17.0 Å². The van der Waals surface area contributed by atoms with Gasteiger partial charge >= 0.3 is 5.69 Å². The molecule has 1 rings (SSSR count). The lowest BCUT2D eigenvalue weighted by atomic mass is 10.2. The van der Waals surface area contributed by atoms with E-state index in [2.05, 4.69) is 4.98 Å². The molecule has 1 aromatic rings. The number of nitrogens with zero attached hydrogens (tertiary/aromatic N) is 1. The molecule has 0 fully saturated rings. The van der Waals surface area contributed by atoms with Crippen molar-refractivity contribution in [2.24, 2.45) is 0 Å². The molecule has 0 bridgehead atoms. The molecule has 1 heterocycles. The number of halogens is 2. The SMILES string of the molecule is Cc1[nH]c(C(F)F)cc(=O)c1[N+](=O)[O-]. The predicted octanol–water partition coefficient (Wildman–Crippen LogP) is 1.53. The molecule has 0 saturated carbocycles. The maximum atomic E-state index is 12.1. The highest BCUT2D eigenvalue weighted by atomic mass is 19.3. The first-order valence-electron chi connectivity index (χ1n) is 3.60. The molecular formula is C7H6F2N2O3. The minimum Gasteiger partial charge on any atom is -0.352 e. The largest absolute Gasteiger partial charge is 0.352 e. The average molecular weight is 204 g/mol. The lowest BCUT2D eigenvalue weighted by Gasteiger charge is -2.01. The molecule has 0 unspecified atom stereocenters. The van der Waals surface area contributed by atoms with Crippen molar-refractivity contribution in [3.63, 3.8) is 0 Å². The van der Waals surface area contributed by atoms with E-state index in [4.69, 9.17) is 0 Å². The van der Waals surface area contributed by atoms with E-state index in [1.165, 1.54) is 6.92 Å². The van der Waals surface area contributed by atoms with E-state index in [1.807, 2.05) is 0 Å². The van der Waals surface area contributed by atoms with Crippen molar-refractivity contribution >= 4 is 5.69 Å². The van der Waals surface area contributed by atoms with Crippen LogP contribution < -0.4 is 5.43 Å². The van der Waals surface area contributed by atoms with E-state index >= 15 is 0 Å². The maximum absolute atomic E-state index is 12.1. The summed E-state index contributed by atoms with van der Waals surface area (Å²) in [6.45, 7) is 1.20. The molecule has 0 aliphatic rings. The Kier molecular flexibility index (Phi) is 2.59. The van der Waals surface area contributed by atoms with Gasteiger partial charge in [-0.25, -0.2) is 8.78 Å². The fourth-order valence-electron chi connectivity index (χ4n) is 1.05. The highest BCUT2D eigenvalue weighted by Crippen LogP contribution is 2.18. The summed E-state index contributed by atoms with van der Waals surface area (Å²) >= 11 is 0. The standard InChI is InChI=1S/C7H6F2N2O3/c1-3-6(11(13)14)5(12)2-4(10-3)7(8)9/h2,7H,1H3,(H,10,12). The molecule has 0 aromatic carbocycles. The van der Waals surface area contributed by atoms with E-state index in [1.54, 1.807) is 0 Å². The first-order chi connectivity index (χ1) is 6.43. The van der Waals surface area contributed by atoms with Crippen LogP contribution >= 0.6 is 0 Å². The Bertz CT molecular complexity index is 427. The fraction of sp³-hybridized carbons (Fsp3) is 0.286. The Morgan fingerprint density at radius 2 is 2.14 bits per heavy atom. The molecule has 0 atom stereocenters. The third-order valence-corrected chi connectivity index (χ3v) is 1.62. The predicted molar refractivity (Wildman–Crippen MR) is 43.4 cm³/mol. The molecule has 1 N–H and O–H groups in total. The number of nitro groups is 1. The molecule has 14 heavy (non-hydrogen) atoms. The Morgan fingerprint density at radius 1 is 1.57 bits per heavy atom. The molecule has 76 valence electrons. The van der Waals surface area contributed by atoms with Gasteiger partial charge in [0.2, 0.25) is 0 Å². The number of pyridine rings is 1. The van der Waals surface area contributed by atoms with Crippen molar-refractivity contribution in [3.8, 4) is 0 Å². The molecule has 7 heteroatoms. The van der Waals surface area contributed by atoms with Crippen molar-refractivity contribution < 1.29 is 13.7 Å². The molecule has 0 radical (unpaired) electrons. The van der Waals surface area contributed by atoms with Gasteiger partial charge in [-0.05, 0) is 6.92 Å². The summed E-state index contributed by atoms with van der Waals surface area (Å²) in [5, 5.41) is 10.3. The summed E-state index contributed by atoms with van der Waals surface area (Å²) in [7, 11) is 0. The van der Waals surface area contributed by atoms with Gasteiger partial charge in [-0.15, -0.1) is 0 Å². The van der Waals surface area contributed by atoms with Crippen LogP contribution in [0.5, 0.6) is 0 Å². The number of nitrogens with one attached hydrogen (secondary N) is 1. The highest BCUT2D eigenvalue weighted by molar-refractivity contribution is 5.35. The number of aromatic nitrogens is 1. The molecular weight excluding hydrogens is 198 g/mol. The summed E-state index contributed by atoms with van der Waals surface area (Å²) in [5.41, 5.74) is -2.49. The zero-order valence-electron chi connectivity index (χ0n) is 7.08. The maximum Gasteiger partial charge on any atom is 0.335 e. The zero-order valence-corrected chi connectivity index (χ0v) is 7.08. The number of alkyl halides is 2. The zero-order chi connectivity index (χ0) is 10.9. The number of rotatable bonds is 2. The first-order valence-corrected chi connectivity index (χ1v) is 3.60. The van der Waals surface area contributed by atoms with Crippen molar-refractivity contribution in [3.05, 3.63) is 37.8 Å². The number of hydrogen-bond acceptors (Lipinski definition) is 3. The number of hydrogen-bond donors (Lipinski definition) is 1. The van der Waals surface area contributed by atoms with Crippen LogP contribution in [-0.2, 0) is 0 Å². The summed E-state index contributed by atoms with van der Waals surface area (Å²) in [6, 6.07) is 0.537. The Morgan fingerprint density at radius 3 is 2.50 bits per heavy atom. The topological polar surface area (TPSA) is 76.0 Å². The molecule has 0 aliphatic carbocycles. The van der Waals surface area contributed by atoms with Gasteiger partial charge in [0.25, 0.3) is 11.9 Å². The molecule has 0 amide bonds. The van der Waals surface area contributed by atoms with Crippen LogP contribution in [0.25, 0.3) is 0 Å². The molecule has 0 saturated heterocycles. The van der Waals surface area contributed by atoms with Crippen LogP contribution in [-0.4, -0.2) is 9.91 Å². The van der Waals surface area contributed by atoms with Crippen LogP contribution in [0.2, 0.25) is 0 Å². The Hall–Kier alpha value is -1.79. The lowest BCUT2D eigenvalue weighted by Crippen LogP contribution is -2.12. The van der Waals surface area contributed by atoms with Gasteiger partial charge in [-0.1, -0.05) is 0 Å². The second-order valence-corrected chi connectivity index (χ2v) is 2.62. The lowest BCUT2D eigenvalue weighted by molar-refractivity contribution is -0.386. The number of aromatic amines is 1. The van der Waals surface area contributed by atoms with Crippen LogP contribution in [0.4, 0.5) is 14.5 Å². The molecule has 5 nitrogen and oxygen atoms in total. The van der Waals surface area contributed by atoms with Crippen LogP contribution in [0.15, 0.2) is 10.9 Å². The summed E-state index contributed by atoms with van der Waals surface area (Å²) in [4.78, 5) is 22.5. The van der Waals surface area contributed by atoms with Crippen molar-refractivity contribution in [2.45, 2.75) is 13.3 Å². The number of H-pyrrole nitrogens is 1. The van der Waals surface area contributed by atoms with E-state index in [-0.39, 0.29) is 5.69 Å². The van der Waals surface area contributed by atoms with E-state index in [0.29, 0.717) is 6.07 Å². The average Bonchev–Trinajstić information content (AvgIpc) is 2.01. The van der Waals surface area contributed by atoms with Gasteiger partial charge in [-0.2, -0.15) is 0 Å². The van der Waals surface area contributed by atoms with Gasteiger partial charge in [0.15, 0.2) is 0 Å². The quantitative estimate of drug-likeness (QED) is 0.586. The molecule has 0 aliphatic heterocycles. The van der Waals surface area contributed by atoms with Gasteiger partial charge < -0.3 is 4.98 Å². The van der Waals surface area contributed by atoms with Crippen molar-refractivity contribution in [1.82, 2.24) is 4.98 Å². The second kappa shape index (κ2) is 3.52. The minimum absolute atomic E-state index is 0.169. The molecule has 0 spiro atoms. The third-order valence-electron chi connectivity index (χ3n) is 1.62. The minimum atomic E-state index is -2.85. The van der Waals surface area contributed by atoms with Gasteiger partial charge in [0.1, 0.15) is 0 Å². The summed E-state index contributed by atoms with van der Waals surface area (Å²) < 4.78 is 24.2. The van der Waals surface area contributed by atoms with Crippen LogP contribution in [0.3, 0.4) is 0 Å². The molecule has 1 aromatic heterocycles. The smallest absolute Gasteiger partial charge is 0.335 e. The summed E-state index contributed by atoms with van der Waals surface area (Å²) in [5.74, 6) is 0. The van der Waals surface area contributed by atoms with Gasteiger partial charge in [-0.3, -0.25) is 14.9 Å². The van der Waals surface area contributed by atoms with E-state index in [0.717, 1.165) is 0 Å². The van der Waals surface area contributed by atoms with Crippen LogP contribution in [0.1, 0.15) is 17.8 Å². The van der Waals surface area contributed by atoms with Gasteiger partial charge in [0, 0.05) is 6.07 Å². The third kappa shape index (κ3) is 1.76. The second-order valence-electron chi connectivity index (χ2n) is 2.62. The fourth-order valence-corrected chi connectivity index (χ4v) is 1.05. The Balaban J connectivity index is 3.40. The summed E-state index contributed by atoms with van der Waals surface area (Å²) in [6.07, 6.45) is -2.85. The van der Waals surface area contributed by atoms with E-state index < -0.39 is 28.2 Å². The van der Waals surface area contributed by atoms with Crippen molar-refractivity contribution in [2.75, 3.05) is 0 Å². The number of aryl methyl sites for hydroxylation is 1. The highest BCUT2D eigenvalue weighted by Gasteiger charge is 2.19. The Labute approximate surface area is 76.5 Å². The van der Waals surface area contributed by atoms with Crippen molar-refractivity contribution in [1.29, 1.82) is 0 Å². The normalized spacial score (nSPS) is 10.6. The van der Waals surface area contributed by atoms with Gasteiger partial charge in [0.05, 0.1) is 16.3 Å². The first kappa shape index (κ1) is 10.3. The van der Waals surface area contributed by atoms with E-state index in [9.17, 15) is 23.7 Å².